The Morgan fingerprint density at radius 1 is 1.30 bits per heavy atom. The zero-order valence-electron chi connectivity index (χ0n) is 12.6. The topological polar surface area (TPSA) is 45.6 Å². The first kappa shape index (κ1) is 16.6. The fourth-order valence-corrected chi connectivity index (χ4v) is 1.76. The number of rotatable bonds is 6. The Bertz CT molecular complexity index is 455. The lowest BCUT2D eigenvalue weighted by Gasteiger charge is -2.09. The van der Waals surface area contributed by atoms with Gasteiger partial charge in [0.25, 0.3) is 0 Å². The fraction of sp³-hybridized carbons (Fsp3) is 0.467. The van der Waals surface area contributed by atoms with Crippen molar-refractivity contribution in [3.05, 3.63) is 35.4 Å². The van der Waals surface area contributed by atoms with E-state index in [4.69, 9.17) is 17.0 Å². The van der Waals surface area contributed by atoms with E-state index in [-0.39, 0.29) is 0 Å². The van der Waals surface area contributed by atoms with E-state index < -0.39 is 0 Å². The third kappa shape index (κ3) is 5.67. The van der Waals surface area contributed by atoms with Gasteiger partial charge < -0.3 is 10.1 Å². The third-order valence-electron chi connectivity index (χ3n) is 2.91. The van der Waals surface area contributed by atoms with Crippen LogP contribution in [0.3, 0.4) is 0 Å². The van der Waals surface area contributed by atoms with E-state index in [9.17, 15) is 0 Å². The normalized spacial score (nSPS) is 11.6. The van der Waals surface area contributed by atoms with Crippen molar-refractivity contribution in [2.45, 2.75) is 26.7 Å². The number of hydrogen-bond donors (Lipinski definition) is 2. The molecular weight excluding hydrogens is 270 g/mol. The summed E-state index contributed by atoms with van der Waals surface area (Å²) in [6.07, 6.45) is 0. The quantitative estimate of drug-likeness (QED) is 0.366. The summed E-state index contributed by atoms with van der Waals surface area (Å²) in [7, 11) is 1.65. The number of thiocarbonyl (C=S) groups is 1. The molecule has 5 heteroatoms. The molecule has 0 aromatic heterocycles. The van der Waals surface area contributed by atoms with E-state index in [0.29, 0.717) is 24.2 Å². The molecule has 0 saturated carbocycles. The van der Waals surface area contributed by atoms with Crippen molar-refractivity contribution in [2.24, 2.45) is 5.10 Å². The molecule has 0 heterocycles. The van der Waals surface area contributed by atoms with Crippen LogP contribution in [0.15, 0.2) is 29.4 Å². The standard InChI is InChI=1S/C15H23N3OS/c1-11(2)13-5-7-14(8-6-13)12(3)17-18-15(20)16-9-10-19-4/h5-8,11H,9-10H2,1-4H3,(H2,16,18,20)/b17-12-. The van der Waals surface area contributed by atoms with Crippen molar-refractivity contribution in [3.63, 3.8) is 0 Å². The molecule has 0 aliphatic heterocycles. The number of methoxy groups -OCH3 is 1. The molecule has 1 aromatic carbocycles. The number of ether oxygens (including phenoxy) is 1. The van der Waals surface area contributed by atoms with Crippen LogP contribution in [0.5, 0.6) is 0 Å². The molecule has 1 aromatic rings. The first-order valence-corrected chi connectivity index (χ1v) is 7.12. The minimum atomic E-state index is 0.500. The maximum Gasteiger partial charge on any atom is 0.187 e. The van der Waals surface area contributed by atoms with Crippen molar-refractivity contribution in [1.82, 2.24) is 10.7 Å². The van der Waals surface area contributed by atoms with Crippen molar-refractivity contribution < 1.29 is 4.74 Å². The summed E-state index contributed by atoms with van der Waals surface area (Å²) >= 11 is 5.11. The van der Waals surface area contributed by atoms with Gasteiger partial charge in [0.2, 0.25) is 0 Å². The predicted molar refractivity (Wildman–Crippen MR) is 88.4 cm³/mol. The molecule has 0 amide bonds. The summed E-state index contributed by atoms with van der Waals surface area (Å²) < 4.78 is 4.93. The number of nitrogens with one attached hydrogen (secondary N) is 2. The average Bonchev–Trinajstić information content (AvgIpc) is 2.45. The van der Waals surface area contributed by atoms with Gasteiger partial charge in [0, 0.05) is 13.7 Å². The third-order valence-corrected chi connectivity index (χ3v) is 3.15. The minimum Gasteiger partial charge on any atom is -0.383 e. The van der Waals surface area contributed by atoms with Crippen LogP contribution in [0.4, 0.5) is 0 Å². The van der Waals surface area contributed by atoms with Crippen LogP contribution in [-0.4, -0.2) is 31.1 Å². The molecule has 2 N–H and O–H groups in total. The van der Waals surface area contributed by atoms with Gasteiger partial charge in [-0.25, -0.2) is 0 Å². The van der Waals surface area contributed by atoms with Crippen LogP contribution in [0, 0.1) is 0 Å². The van der Waals surface area contributed by atoms with Gasteiger partial charge >= 0.3 is 0 Å². The Hall–Kier alpha value is -1.46. The predicted octanol–water partition coefficient (Wildman–Crippen LogP) is 2.64. The molecule has 0 saturated heterocycles. The fourth-order valence-electron chi connectivity index (χ4n) is 1.61. The maximum absolute atomic E-state index is 5.11. The molecule has 4 nitrogen and oxygen atoms in total. The Morgan fingerprint density at radius 2 is 1.95 bits per heavy atom. The molecule has 0 spiro atoms. The summed E-state index contributed by atoms with van der Waals surface area (Å²) in [5.41, 5.74) is 6.14. The number of nitrogens with zero attached hydrogens (tertiary/aromatic N) is 1. The first-order chi connectivity index (χ1) is 9.54. The van der Waals surface area contributed by atoms with Crippen molar-refractivity contribution in [2.75, 3.05) is 20.3 Å². The number of benzene rings is 1. The maximum atomic E-state index is 5.11. The lowest BCUT2D eigenvalue weighted by atomic mass is 10.0. The summed E-state index contributed by atoms with van der Waals surface area (Å²) in [6.45, 7) is 7.60. The molecule has 0 fully saturated rings. The Kier molecular flexibility index (Phi) is 7.18. The van der Waals surface area contributed by atoms with Crippen LogP contribution in [0.25, 0.3) is 0 Å². The summed E-state index contributed by atoms with van der Waals surface area (Å²) in [5.74, 6) is 0.539. The summed E-state index contributed by atoms with van der Waals surface area (Å²) in [6, 6.07) is 8.43. The van der Waals surface area contributed by atoms with Gasteiger partial charge in [0.05, 0.1) is 12.3 Å². The van der Waals surface area contributed by atoms with Crippen LogP contribution >= 0.6 is 12.2 Å². The van der Waals surface area contributed by atoms with E-state index in [1.807, 2.05) is 6.92 Å². The highest BCUT2D eigenvalue weighted by Crippen LogP contribution is 2.14. The van der Waals surface area contributed by atoms with E-state index in [1.165, 1.54) is 5.56 Å². The average molecular weight is 293 g/mol. The lowest BCUT2D eigenvalue weighted by molar-refractivity contribution is 0.204. The Labute approximate surface area is 126 Å². The molecule has 1 rings (SSSR count). The zero-order chi connectivity index (χ0) is 15.0. The van der Waals surface area contributed by atoms with E-state index in [0.717, 1.165) is 11.3 Å². The van der Waals surface area contributed by atoms with Gasteiger partial charge in [0.1, 0.15) is 0 Å². The Morgan fingerprint density at radius 3 is 2.50 bits per heavy atom. The molecule has 110 valence electrons. The number of hydrogen-bond acceptors (Lipinski definition) is 3. The van der Waals surface area contributed by atoms with Crippen LogP contribution in [0.2, 0.25) is 0 Å². The number of hydrazone groups is 1. The van der Waals surface area contributed by atoms with Crippen LogP contribution < -0.4 is 10.7 Å². The molecule has 0 bridgehead atoms. The molecule has 0 unspecified atom stereocenters. The van der Waals surface area contributed by atoms with Gasteiger partial charge in [-0.05, 0) is 36.2 Å². The molecule has 0 aliphatic carbocycles. The van der Waals surface area contributed by atoms with Crippen molar-refractivity contribution in [3.8, 4) is 0 Å². The molecule has 20 heavy (non-hydrogen) atoms. The highest BCUT2D eigenvalue weighted by Gasteiger charge is 2.01. The SMILES string of the molecule is COCCNC(=S)N/N=C(/C)c1ccc(C(C)C)cc1. The van der Waals surface area contributed by atoms with Gasteiger partial charge in [0.15, 0.2) is 5.11 Å². The van der Waals surface area contributed by atoms with Crippen LogP contribution in [0.1, 0.15) is 37.8 Å². The second kappa shape index (κ2) is 8.66. The van der Waals surface area contributed by atoms with Gasteiger partial charge in [-0.2, -0.15) is 5.10 Å². The van der Waals surface area contributed by atoms with Gasteiger partial charge in [-0.1, -0.05) is 38.1 Å². The minimum absolute atomic E-state index is 0.500. The second-order valence-electron chi connectivity index (χ2n) is 4.83. The molecule has 0 atom stereocenters. The van der Waals surface area contributed by atoms with Crippen LogP contribution in [-0.2, 0) is 4.74 Å². The first-order valence-electron chi connectivity index (χ1n) is 6.72. The van der Waals surface area contributed by atoms with E-state index in [1.54, 1.807) is 7.11 Å². The van der Waals surface area contributed by atoms with E-state index >= 15 is 0 Å². The second-order valence-corrected chi connectivity index (χ2v) is 5.24. The highest BCUT2D eigenvalue weighted by atomic mass is 32.1. The highest BCUT2D eigenvalue weighted by molar-refractivity contribution is 7.80. The van der Waals surface area contributed by atoms with Crippen molar-refractivity contribution >= 4 is 23.0 Å². The van der Waals surface area contributed by atoms with Gasteiger partial charge in [-0.3, -0.25) is 5.43 Å². The lowest BCUT2D eigenvalue weighted by Crippen LogP contribution is -2.34. The monoisotopic (exact) mass is 293 g/mol. The zero-order valence-corrected chi connectivity index (χ0v) is 13.4. The van der Waals surface area contributed by atoms with Crippen molar-refractivity contribution in [1.29, 1.82) is 0 Å². The molecule has 0 aliphatic rings. The molecular formula is C15H23N3OS. The summed E-state index contributed by atoms with van der Waals surface area (Å²) in [4.78, 5) is 0. The van der Waals surface area contributed by atoms with Gasteiger partial charge in [-0.15, -0.1) is 0 Å². The largest absolute Gasteiger partial charge is 0.383 e. The summed E-state index contributed by atoms with van der Waals surface area (Å²) in [5, 5.41) is 7.77. The van der Waals surface area contributed by atoms with E-state index in [2.05, 4.69) is 54.0 Å². The molecule has 0 radical (unpaired) electrons. The smallest absolute Gasteiger partial charge is 0.187 e. The Balaban J connectivity index is 2.53.